The second-order valence-electron chi connectivity index (χ2n) is 7.82. The lowest BCUT2D eigenvalue weighted by Crippen LogP contribution is -2.50. The third-order valence-electron chi connectivity index (χ3n) is 5.74. The summed E-state index contributed by atoms with van der Waals surface area (Å²) in [5.41, 5.74) is 2.35. The first-order valence-electron chi connectivity index (χ1n) is 10.6. The number of nitrogens with one attached hydrogen (secondary N) is 1. The van der Waals surface area contributed by atoms with Gasteiger partial charge in [-0.2, -0.15) is 0 Å². The van der Waals surface area contributed by atoms with Crippen LogP contribution in [0.1, 0.15) is 29.6 Å². The molecule has 7 heteroatoms. The van der Waals surface area contributed by atoms with E-state index in [0.29, 0.717) is 29.4 Å². The van der Waals surface area contributed by atoms with Gasteiger partial charge in [0.15, 0.2) is 0 Å². The van der Waals surface area contributed by atoms with Gasteiger partial charge in [-0.3, -0.25) is 4.79 Å². The Morgan fingerprint density at radius 3 is 2.27 bits per heavy atom. The number of piperidine rings is 1. The molecule has 158 valence electrons. The minimum atomic E-state index is -0.136. The molecular formula is C23H27ClN4O2. The van der Waals surface area contributed by atoms with Gasteiger partial charge in [0, 0.05) is 61.2 Å². The highest BCUT2D eigenvalue weighted by Crippen LogP contribution is 2.21. The normalized spacial score (nSPS) is 17.0. The van der Waals surface area contributed by atoms with Crippen molar-refractivity contribution in [3.63, 3.8) is 0 Å². The van der Waals surface area contributed by atoms with Crippen molar-refractivity contribution < 1.29 is 9.59 Å². The van der Waals surface area contributed by atoms with Gasteiger partial charge in [-0.15, -0.1) is 0 Å². The number of carbonyl (C=O) groups excluding carboxylic acids is 2. The van der Waals surface area contributed by atoms with Crippen LogP contribution >= 0.6 is 11.6 Å². The molecule has 0 atom stereocenters. The number of urea groups is 1. The molecule has 6 nitrogen and oxygen atoms in total. The zero-order valence-corrected chi connectivity index (χ0v) is 17.8. The van der Waals surface area contributed by atoms with E-state index in [1.165, 1.54) is 6.42 Å². The van der Waals surface area contributed by atoms with Crippen LogP contribution in [0.3, 0.4) is 0 Å². The number of halogens is 1. The SMILES string of the molecule is O=C(Nc1cccc(C(=O)N2CCCCC2)c1)N1CCN(c2cccc(Cl)c2)CC1. The van der Waals surface area contributed by atoms with Crippen LogP contribution in [0.5, 0.6) is 0 Å². The third kappa shape index (κ3) is 4.87. The van der Waals surface area contributed by atoms with Crippen LogP contribution in [0.2, 0.25) is 5.02 Å². The summed E-state index contributed by atoms with van der Waals surface area (Å²) in [7, 11) is 0. The minimum absolute atomic E-state index is 0.0425. The van der Waals surface area contributed by atoms with Crippen LogP contribution in [0, 0.1) is 0 Å². The molecule has 0 bridgehead atoms. The maximum atomic E-state index is 12.7. The van der Waals surface area contributed by atoms with Crippen molar-refractivity contribution in [2.24, 2.45) is 0 Å². The first-order valence-corrected chi connectivity index (χ1v) is 10.9. The molecule has 2 aromatic rings. The fourth-order valence-corrected chi connectivity index (χ4v) is 4.24. The minimum Gasteiger partial charge on any atom is -0.368 e. The standard InChI is InChI=1S/C23H27ClN4O2/c24-19-7-5-9-21(17-19)26-12-14-28(15-13-26)23(30)25-20-8-4-6-18(16-20)22(29)27-10-2-1-3-11-27/h4-9,16-17H,1-3,10-15H2,(H,25,30). The maximum absolute atomic E-state index is 12.7. The molecule has 0 aliphatic carbocycles. The quantitative estimate of drug-likeness (QED) is 0.795. The molecule has 30 heavy (non-hydrogen) atoms. The maximum Gasteiger partial charge on any atom is 0.321 e. The Morgan fingerprint density at radius 1 is 0.800 bits per heavy atom. The van der Waals surface area contributed by atoms with E-state index < -0.39 is 0 Å². The smallest absolute Gasteiger partial charge is 0.321 e. The molecular weight excluding hydrogens is 400 g/mol. The molecule has 0 aromatic heterocycles. The topological polar surface area (TPSA) is 55.9 Å². The zero-order chi connectivity index (χ0) is 20.9. The number of rotatable bonds is 3. The second-order valence-corrected chi connectivity index (χ2v) is 8.25. The lowest BCUT2D eigenvalue weighted by Gasteiger charge is -2.36. The molecule has 1 N–H and O–H groups in total. The Balaban J connectivity index is 1.33. The van der Waals surface area contributed by atoms with E-state index in [9.17, 15) is 9.59 Å². The van der Waals surface area contributed by atoms with Gasteiger partial charge in [0.1, 0.15) is 0 Å². The van der Waals surface area contributed by atoms with Gasteiger partial charge in [0.2, 0.25) is 0 Å². The summed E-state index contributed by atoms with van der Waals surface area (Å²) in [6, 6.07) is 14.9. The molecule has 2 aliphatic rings. The highest BCUT2D eigenvalue weighted by Gasteiger charge is 2.22. The number of piperazine rings is 1. The molecule has 2 fully saturated rings. The summed E-state index contributed by atoms with van der Waals surface area (Å²) in [5.74, 6) is 0.0425. The van der Waals surface area contributed by atoms with E-state index in [0.717, 1.165) is 44.7 Å². The molecule has 2 aliphatic heterocycles. The molecule has 3 amide bonds. The molecule has 4 rings (SSSR count). The van der Waals surface area contributed by atoms with Crippen LogP contribution in [-0.2, 0) is 0 Å². The molecule has 0 spiro atoms. The summed E-state index contributed by atoms with van der Waals surface area (Å²) < 4.78 is 0. The number of hydrogen-bond donors (Lipinski definition) is 1. The highest BCUT2D eigenvalue weighted by molar-refractivity contribution is 6.30. The Morgan fingerprint density at radius 2 is 1.53 bits per heavy atom. The summed E-state index contributed by atoms with van der Waals surface area (Å²) in [6.07, 6.45) is 3.30. The summed E-state index contributed by atoms with van der Waals surface area (Å²) in [5, 5.41) is 3.66. The van der Waals surface area contributed by atoms with Crippen molar-refractivity contribution in [2.45, 2.75) is 19.3 Å². The van der Waals surface area contributed by atoms with Crippen LogP contribution in [0.15, 0.2) is 48.5 Å². The zero-order valence-electron chi connectivity index (χ0n) is 17.0. The van der Waals surface area contributed by atoms with Gasteiger partial charge in [0.25, 0.3) is 5.91 Å². The Hall–Kier alpha value is -2.73. The van der Waals surface area contributed by atoms with E-state index in [-0.39, 0.29) is 11.9 Å². The Kier molecular flexibility index (Phi) is 6.43. The second kappa shape index (κ2) is 9.39. The molecule has 0 saturated carbocycles. The molecule has 2 heterocycles. The third-order valence-corrected chi connectivity index (χ3v) is 5.98. The van der Waals surface area contributed by atoms with Gasteiger partial charge in [-0.25, -0.2) is 4.79 Å². The Labute approximate surface area is 182 Å². The van der Waals surface area contributed by atoms with Crippen molar-refractivity contribution in [1.29, 1.82) is 0 Å². The van der Waals surface area contributed by atoms with Crippen molar-refractivity contribution in [1.82, 2.24) is 9.80 Å². The number of carbonyl (C=O) groups is 2. The average Bonchev–Trinajstić information content (AvgIpc) is 2.79. The Bertz CT molecular complexity index is 906. The van der Waals surface area contributed by atoms with E-state index in [1.54, 1.807) is 11.0 Å². The summed E-state index contributed by atoms with van der Waals surface area (Å²) in [6.45, 7) is 4.39. The highest BCUT2D eigenvalue weighted by atomic mass is 35.5. The van der Waals surface area contributed by atoms with E-state index in [4.69, 9.17) is 11.6 Å². The van der Waals surface area contributed by atoms with Gasteiger partial charge >= 0.3 is 6.03 Å². The van der Waals surface area contributed by atoms with Crippen LogP contribution in [0.4, 0.5) is 16.2 Å². The molecule has 2 saturated heterocycles. The van der Waals surface area contributed by atoms with Gasteiger partial charge in [0.05, 0.1) is 0 Å². The first-order chi connectivity index (χ1) is 14.6. The van der Waals surface area contributed by atoms with Gasteiger partial charge < -0.3 is 20.0 Å². The number of benzene rings is 2. The number of likely N-dealkylation sites (tertiary alicyclic amines) is 1. The van der Waals surface area contributed by atoms with Crippen LogP contribution in [-0.4, -0.2) is 61.0 Å². The average molecular weight is 427 g/mol. The molecule has 0 radical (unpaired) electrons. The van der Waals surface area contributed by atoms with E-state index in [2.05, 4.69) is 10.2 Å². The van der Waals surface area contributed by atoms with Crippen LogP contribution in [0.25, 0.3) is 0 Å². The fraction of sp³-hybridized carbons (Fsp3) is 0.391. The number of anilines is 2. The van der Waals surface area contributed by atoms with E-state index >= 15 is 0 Å². The van der Waals surface area contributed by atoms with Crippen molar-refractivity contribution in [2.75, 3.05) is 49.5 Å². The van der Waals surface area contributed by atoms with Crippen molar-refractivity contribution in [3.05, 3.63) is 59.1 Å². The number of nitrogens with zero attached hydrogens (tertiary/aromatic N) is 3. The lowest BCUT2D eigenvalue weighted by molar-refractivity contribution is 0.0724. The lowest BCUT2D eigenvalue weighted by atomic mass is 10.1. The predicted octanol–water partition coefficient (Wildman–Crippen LogP) is 4.32. The number of amides is 3. The predicted molar refractivity (Wildman–Crippen MR) is 120 cm³/mol. The summed E-state index contributed by atoms with van der Waals surface area (Å²) >= 11 is 6.09. The molecule has 2 aromatic carbocycles. The van der Waals surface area contributed by atoms with Gasteiger partial charge in [-0.1, -0.05) is 23.7 Å². The van der Waals surface area contributed by atoms with E-state index in [1.807, 2.05) is 47.4 Å². The first kappa shape index (κ1) is 20.5. The molecule has 0 unspecified atom stereocenters. The largest absolute Gasteiger partial charge is 0.368 e. The van der Waals surface area contributed by atoms with Crippen molar-refractivity contribution in [3.8, 4) is 0 Å². The van der Waals surface area contributed by atoms with Gasteiger partial charge in [-0.05, 0) is 55.7 Å². The van der Waals surface area contributed by atoms with Crippen LogP contribution < -0.4 is 10.2 Å². The fourth-order valence-electron chi connectivity index (χ4n) is 4.05. The van der Waals surface area contributed by atoms with Crippen molar-refractivity contribution >= 4 is 34.9 Å². The number of hydrogen-bond acceptors (Lipinski definition) is 3. The summed E-state index contributed by atoms with van der Waals surface area (Å²) in [4.78, 5) is 31.4. The monoisotopic (exact) mass is 426 g/mol.